The van der Waals surface area contributed by atoms with Crippen LogP contribution in [0.5, 0.6) is 0 Å². The van der Waals surface area contributed by atoms with Crippen molar-refractivity contribution in [1.29, 1.82) is 0 Å². The first-order valence-corrected chi connectivity index (χ1v) is 8.48. The average Bonchev–Trinajstić information content (AvgIpc) is 2.85. The van der Waals surface area contributed by atoms with E-state index in [0.29, 0.717) is 16.7 Å². The molecule has 106 valence electrons. The Morgan fingerprint density at radius 1 is 1.29 bits per heavy atom. The zero-order valence-corrected chi connectivity index (χ0v) is 14.9. The quantitative estimate of drug-likeness (QED) is 0.577. The molecule has 0 fully saturated rings. The van der Waals surface area contributed by atoms with E-state index >= 15 is 0 Å². The molecule has 1 aromatic carbocycles. The summed E-state index contributed by atoms with van der Waals surface area (Å²) in [5, 5.41) is 6.77. The van der Waals surface area contributed by atoms with E-state index in [-0.39, 0.29) is 5.56 Å². The number of nitrogens with zero attached hydrogens (tertiary/aromatic N) is 3. The second-order valence-corrected chi connectivity index (χ2v) is 7.12. The SMILES string of the molecule is Cc1nc2ccc(Br)cc2c(=O)n1N=Cc1cc(Br)cs1. The third kappa shape index (κ3) is 3.00. The summed E-state index contributed by atoms with van der Waals surface area (Å²) in [6.07, 6.45) is 1.66. The molecule has 0 saturated carbocycles. The summed E-state index contributed by atoms with van der Waals surface area (Å²) in [5.41, 5.74) is 0.497. The number of rotatable bonds is 2. The molecular weight excluding hydrogens is 418 g/mol. The number of hydrogen-bond donors (Lipinski definition) is 0. The minimum absolute atomic E-state index is 0.175. The van der Waals surface area contributed by atoms with E-state index in [0.717, 1.165) is 13.8 Å². The molecular formula is C14H9Br2N3OS. The molecule has 2 aromatic heterocycles. The van der Waals surface area contributed by atoms with Crippen LogP contribution in [0.1, 0.15) is 10.7 Å². The van der Waals surface area contributed by atoms with Gasteiger partial charge in [-0.05, 0) is 47.1 Å². The Morgan fingerprint density at radius 2 is 2.10 bits per heavy atom. The lowest BCUT2D eigenvalue weighted by atomic mass is 10.2. The second kappa shape index (κ2) is 5.82. The zero-order chi connectivity index (χ0) is 15.0. The van der Waals surface area contributed by atoms with E-state index in [1.807, 2.05) is 23.6 Å². The third-order valence-corrected chi connectivity index (χ3v) is 4.98. The van der Waals surface area contributed by atoms with Crippen LogP contribution in [0.25, 0.3) is 10.9 Å². The molecule has 7 heteroatoms. The standard InChI is InChI=1S/C14H9Br2N3OS/c1-8-18-13-3-2-9(15)5-12(13)14(20)19(8)17-6-11-4-10(16)7-21-11/h2-7H,1H3. The van der Waals surface area contributed by atoms with Crippen molar-refractivity contribution >= 4 is 60.3 Å². The van der Waals surface area contributed by atoms with Gasteiger partial charge in [-0.15, -0.1) is 11.3 Å². The van der Waals surface area contributed by atoms with Gasteiger partial charge in [0.15, 0.2) is 0 Å². The molecule has 0 amide bonds. The number of fused-ring (bicyclic) bond motifs is 1. The van der Waals surface area contributed by atoms with Gasteiger partial charge >= 0.3 is 0 Å². The molecule has 0 aliphatic carbocycles. The van der Waals surface area contributed by atoms with Crippen LogP contribution >= 0.6 is 43.2 Å². The van der Waals surface area contributed by atoms with Crippen LogP contribution in [0.4, 0.5) is 0 Å². The van der Waals surface area contributed by atoms with Crippen LogP contribution in [0.2, 0.25) is 0 Å². The molecule has 0 radical (unpaired) electrons. The van der Waals surface area contributed by atoms with Crippen molar-refractivity contribution < 1.29 is 0 Å². The van der Waals surface area contributed by atoms with Gasteiger partial charge in [0.1, 0.15) is 5.82 Å². The molecule has 2 heterocycles. The zero-order valence-electron chi connectivity index (χ0n) is 10.9. The number of halogens is 2. The summed E-state index contributed by atoms with van der Waals surface area (Å²) >= 11 is 8.31. The molecule has 3 rings (SSSR count). The van der Waals surface area contributed by atoms with Gasteiger partial charge in [-0.3, -0.25) is 4.79 Å². The first-order valence-electron chi connectivity index (χ1n) is 6.02. The predicted octanol–water partition coefficient (Wildman–Crippen LogP) is 4.17. The summed E-state index contributed by atoms with van der Waals surface area (Å²) in [7, 11) is 0. The van der Waals surface area contributed by atoms with Gasteiger partial charge in [0.2, 0.25) is 0 Å². The average molecular weight is 427 g/mol. The molecule has 0 N–H and O–H groups in total. The lowest BCUT2D eigenvalue weighted by molar-refractivity contribution is 0.771. The smallest absolute Gasteiger partial charge is 0.267 e. The van der Waals surface area contributed by atoms with Gasteiger partial charge in [-0.25, -0.2) is 4.98 Å². The third-order valence-electron chi connectivity index (χ3n) is 2.86. The lowest BCUT2D eigenvalue weighted by Gasteiger charge is -2.05. The normalized spacial score (nSPS) is 11.6. The number of aromatic nitrogens is 2. The van der Waals surface area contributed by atoms with E-state index < -0.39 is 0 Å². The number of thiophene rings is 1. The molecule has 0 saturated heterocycles. The Labute approximate surface area is 141 Å². The molecule has 0 aliphatic rings. The minimum atomic E-state index is -0.175. The van der Waals surface area contributed by atoms with Crippen molar-refractivity contribution in [3.63, 3.8) is 0 Å². The Kier molecular flexibility index (Phi) is 4.05. The van der Waals surface area contributed by atoms with Crippen LogP contribution in [-0.2, 0) is 0 Å². The molecule has 4 nitrogen and oxygen atoms in total. The van der Waals surface area contributed by atoms with Crippen LogP contribution in [0, 0.1) is 6.92 Å². The highest BCUT2D eigenvalue weighted by Crippen LogP contribution is 2.18. The molecule has 0 spiro atoms. The Balaban J connectivity index is 2.14. The van der Waals surface area contributed by atoms with Gasteiger partial charge in [-0.2, -0.15) is 9.78 Å². The van der Waals surface area contributed by atoms with Crippen LogP contribution in [-0.4, -0.2) is 15.9 Å². The van der Waals surface area contributed by atoms with Crippen LogP contribution in [0.3, 0.4) is 0 Å². The molecule has 21 heavy (non-hydrogen) atoms. The monoisotopic (exact) mass is 425 g/mol. The first kappa shape index (κ1) is 14.6. The molecule has 0 bridgehead atoms. The van der Waals surface area contributed by atoms with E-state index in [1.165, 1.54) is 4.68 Å². The summed E-state index contributed by atoms with van der Waals surface area (Å²) in [6.45, 7) is 1.77. The van der Waals surface area contributed by atoms with Crippen molar-refractivity contribution in [3.8, 4) is 0 Å². The Morgan fingerprint density at radius 3 is 2.81 bits per heavy atom. The molecule has 0 unspecified atom stereocenters. The molecule has 0 aliphatic heterocycles. The summed E-state index contributed by atoms with van der Waals surface area (Å²) in [5.74, 6) is 0.557. The van der Waals surface area contributed by atoms with Crippen molar-refractivity contribution in [2.24, 2.45) is 5.10 Å². The lowest BCUT2D eigenvalue weighted by Crippen LogP contribution is -2.20. The fraction of sp³-hybridized carbons (Fsp3) is 0.0714. The van der Waals surface area contributed by atoms with Crippen molar-refractivity contribution in [2.45, 2.75) is 6.92 Å². The molecule has 3 aromatic rings. The fourth-order valence-electron chi connectivity index (χ4n) is 1.91. The second-order valence-electron chi connectivity index (χ2n) is 4.35. The van der Waals surface area contributed by atoms with Gasteiger partial charge in [0.05, 0.1) is 17.1 Å². The van der Waals surface area contributed by atoms with Gasteiger partial charge in [0, 0.05) is 19.2 Å². The van der Waals surface area contributed by atoms with E-state index in [1.54, 1.807) is 30.5 Å². The maximum Gasteiger partial charge on any atom is 0.282 e. The van der Waals surface area contributed by atoms with E-state index in [9.17, 15) is 4.79 Å². The van der Waals surface area contributed by atoms with Crippen LogP contribution in [0.15, 0.2) is 48.5 Å². The highest BCUT2D eigenvalue weighted by molar-refractivity contribution is 9.10. The minimum Gasteiger partial charge on any atom is -0.267 e. The summed E-state index contributed by atoms with van der Waals surface area (Å²) < 4.78 is 3.16. The first-order chi connectivity index (χ1) is 10.0. The number of hydrogen-bond acceptors (Lipinski definition) is 4. The predicted molar refractivity (Wildman–Crippen MR) is 93.5 cm³/mol. The van der Waals surface area contributed by atoms with E-state index in [4.69, 9.17) is 0 Å². The highest BCUT2D eigenvalue weighted by Gasteiger charge is 2.07. The maximum atomic E-state index is 12.5. The van der Waals surface area contributed by atoms with Crippen molar-refractivity contribution in [3.05, 3.63) is 59.6 Å². The maximum absolute atomic E-state index is 12.5. The summed E-state index contributed by atoms with van der Waals surface area (Å²) in [6, 6.07) is 7.39. The Bertz CT molecular complexity index is 914. The van der Waals surface area contributed by atoms with Crippen LogP contribution < -0.4 is 5.56 Å². The van der Waals surface area contributed by atoms with Gasteiger partial charge in [0.25, 0.3) is 5.56 Å². The van der Waals surface area contributed by atoms with Gasteiger partial charge < -0.3 is 0 Å². The number of aryl methyl sites for hydroxylation is 1. The number of benzene rings is 1. The van der Waals surface area contributed by atoms with Crippen molar-refractivity contribution in [1.82, 2.24) is 9.66 Å². The topological polar surface area (TPSA) is 47.2 Å². The van der Waals surface area contributed by atoms with Crippen molar-refractivity contribution in [2.75, 3.05) is 0 Å². The Hall–Kier alpha value is -1.31. The highest BCUT2D eigenvalue weighted by atomic mass is 79.9. The van der Waals surface area contributed by atoms with E-state index in [2.05, 4.69) is 41.9 Å². The van der Waals surface area contributed by atoms with Gasteiger partial charge in [-0.1, -0.05) is 15.9 Å². The largest absolute Gasteiger partial charge is 0.282 e. The molecule has 0 atom stereocenters. The summed E-state index contributed by atoms with van der Waals surface area (Å²) in [4.78, 5) is 17.9. The fourth-order valence-corrected chi connectivity index (χ4v) is 3.57.